The third-order valence-corrected chi connectivity index (χ3v) is 3.22. The van der Waals surface area contributed by atoms with Gasteiger partial charge in [-0.05, 0) is 39.7 Å². The van der Waals surface area contributed by atoms with Crippen LogP contribution in [0.2, 0.25) is 0 Å². The van der Waals surface area contributed by atoms with E-state index in [2.05, 4.69) is 5.10 Å². The topological polar surface area (TPSA) is 38.1 Å². The molecule has 0 atom stereocenters. The van der Waals surface area contributed by atoms with Crippen molar-refractivity contribution in [1.29, 1.82) is 0 Å². The van der Waals surface area contributed by atoms with Crippen molar-refractivity contribution in [1.82, 2.24) is 14.7 Å². The highest BCUT2D eigenvalue weighted by Crippen LogP contribution is 2.25. The van der Waals surface area contributed by atoms with Crippen molar-refractivity contribution in [2.75, 3.05) is 13.1 Å². The highest BCUT2D eigenvalue weighted by molar-refractivity contribution is 5.92. The summed E-state index contributed by atoms with van der Waals surface area (Å²) in [6.07, 6.45) is -4.42. The van der Waals surface area contributed by atoms with Crippen molar-refractivity contribution in [2.45, 2.75) is 59.2 Å². The largest absolute Gasteiger partial charge is 0.406 e. The van der Waals surface area contributed by atoms with Crippen LogP contribution in [0.4, 0.5) is 13.2 Å². The molecule has 1 aromatic heterocycles. The van der Waals surface area contributed by atoms with Gasteiger partial charge in [0, 0.05) is 12.2 Å². The Morgan fingerprint density at radius 3 is 2.18 bits per heavy atom. The first-order valence-electron chi connectivity index (χ1n) is 7.33. The van der Waals surface area contributed by atoms with Crippen LogP contribution in [0.25, 0.3) is 0 Å². The van der Waals surface area contributed by atoms with Crippen molar-refractivity contribution in [3.05, 3.63) is 17.5 Å². The Morgan fingerprint density at radius 1 is 1.32 bits per heavy atom. The Hall–Kier alpha value is -1.53. The standard InChI is InChI=1S/C15H24F3N3O/c1-7-20(9-15(16,17)18)13(22)11-8-12(10(2)3)21(19-11)14(4,5)6/h8,10H,7,9H2,1-6H3. The van der Waals surface area contributed by atoms with E-state index < -0.39 is 18.6 Å². The lowest BCUT2D eigenvalue weighted by molar-refractivity contribution is -0.140. The molecule has 126 valence electrons. The van der Waals surface area contributed by atoms with Gasteiger partial charge in [0.15, 0.2) is 5.69 Å². The quantitative estimate of drug-likeness (QED) is 0.847. The molecule has 0 fully saturated rings. The van der Waals surface area contributed by atoms with Gasteiger partial charge in [-0.15, -0.1) is 0 Å². The molecule has 0 saturated carbocycles. The van der Waals surface area contributed by atoms with E-state index in [1.807, 2.05) is 34.6 Å². The summed E-state index contributed by atoms with van der Waals surface area (Å²) < 4.78 is 39.4. The van der Waals surface area contributed by atoms with Gasteiger partial charge in [-0.3, -0.25) is 9.48 Å². The van der Waals surface area contributed by atoms with E-state index in [1.165, 1.54) is 6.92 Å². The van der Waals surface area contributed by atoms with Crippen molar-refractivity contribution < 1.29 is 18.0 Å². The van der Waals surface area contributed by atoms with E-state index in [0.29, 0.717) is 0 Å². The van der Waals surface area contributed by atoms with E-state index in [0.717, 1.165) is 10.6 Å². The van der Waals surface area contributed by atoms with Crippen LogP contribution in [-0.2, 0) is 5.54 Å². The SMILES string of the molecule is CCN(CC(F)(F)F)C(=O)c1cc(C(C)C)n(C(C)(C)C)n1. The molecule has 1 rings (SSSR count). The maximum absolute atomic E-state index is 12.6. The van der Waals surface area contributed by atoms with Gasteiger partial charge in [-0.25, -0.2) is 0 Å². The van der Waals surface area contributed by atoms with Gasteiger partial charge < -0.3 is 4.90 Å². The molecule has 0 aromatic carbocycles. The summed E-state index contributed by atoms with van der Waals surface area (Å²) in [5.41, 5.74) is 0.544. The molecule has 1 aromatic rings. The zero-order valence-electron chi connectivity index (χ0n) is 14.0. The molecule has 4 nitrogen and oxygen atoms in total. The number of carbonyl (C=O) groups excluding carboxylic acids is 1. The molecule has 1 heterocycles. The Balaban J connectivity index is 3.18. The van der Waals surface area contributed by atoms with Gasteiger partial charge in [0.25, 0.3) is 5.91 Å². The van der Waals surface area contributed by atoms with E-state index >= 15 is 0 Å². The van der Waals surface area contributed by atoms with Crippen LogP contribution in [0.15, 0.2) is 6.07 Å². The second kappa shape index (κ2) is 6.30. The van der Waals surface area contributed by atoms with E-state index in [-0.39, 0.29) is 23.7 Å². The maximum atomic E-state index is 12.6. The van der Waals surface area contributed by atoms with Crippen molar-refractivity contribution in [3.63, 3.8) is 0 Å². The predicted octanol–water partition coefficient (Wildman–Crippen LogP) is 3.79. The highest BCUT2D eigenvalue weighted by atomic mass is 19.4. The fourth-order valence-corrected chi connectivity index (χ4v) is 2.15. The molecule has 0 spiro atoms. The Labute approximate surface area is 129 Å². The molecule has 0 bridgehead atoms. The average Bonchev–Trinajstić information content (AvgIpc) is 2.78. The molecule has 0 aliphatic carbocycles. The molecule has 0 saturated heterocycles. The van der Waals surface area contributed by atoms with Gasteiger partial charge in [0.1, 0.15) is 6.54 Å². The molecule has 0 aliphatic rings. The number of carbonyl (C=O) groups is 1. The minimum Gasteiger partial charge on any atom is -0.328 e. The lowest BCUT2D eigenvalue weighted by atomic mass is 10.1. The smallest absolute Gasteiger partial charge is 0.328 e. The van der Waals surface area contributed by atoms with Crippen LogP contribution in [0, 0.1) is 0 Å². The molecule has 22 heavy (non-hydrogen) atoms. The zero-order valence-corrected chi connectivity index (χ0v) is 14.0. The first kappa shape index (κ1) is 18.5. The highest BCUT2D eigenvalue weighted by Gasteiger charge is 2.34. The number of amides is 1. The van der Waals surface area contributed by atoms with Crippen LogP contribution in [-0.4, -0.2) is 39.9 Å². The van der Waals surface area contributed by atoms with E-state index in [9.17, 15) is 18.0 Å². The fraction of sp³-hybridized carbons (Fsp3) is 0.733. The third kappa shape index (κ3) is 4.48. The van der Waals surface area contributed by atoms with Crippen LogP contribution in [0.5, 0.6) is 0 Å². The third-order valence-electron chi connectivity index (χ3n) is 3.22. The minimum absolute atomic E-state index is 0.0161. The Kier molecular flexibility index (Phi) is 5.30. The number of rotatable bonds is 4. The molecule has 0 unspecified atom stereocenters. The van der Waals surface area contributed by atoms with Crippen LogP contribution < -0.4 is 0 Å². The van der Waals surface area contributed by atoms with Gasteiger partial charge in [0.05, 0.1) is 5.54 Å². The second-order valence-corrected chi connectivity index (χ2v) is 6.63. The van der Waals surface area contributed by atoms with Crippen LogP contribution >= 0.6 is 0 Å². The number of nitrogens with zero attached hydrogens (tertiary/aromatic N) is 3. The lowest BCUT2D eigenvalue weighted by Crippen LogP contribution is -2.39. The number of aromatic nitrogens is 2. The summed E-state index contributed by atoms with van der Waals surface area (Å²) in [6.45, 7) is 9.98. The molecule has 0 radical (unpaired) electrons. The summed E-state index contributed by atoms with van der Waals surface area (Å²) in [5, 5.41) is 4.26. The normalized spacial score (nSPS) is 12.8. The zero-order chi connectivity index (χ0) is 17.3. The van der Waals surface area contributed by atoms with Gasteiger partial charge in [0.2, 0.25) is 0 Å². The van der Waals surface area contributed by atoms with Crippen molar-refractivity contribution in [2.24, 2.45) is 0 Å². The lowest BCUT2D eigenvalue weighted by Gasteiger charge is -2.24. The monoisotopic (exact) mass is 319 g/mol. The molecule has 1 amide bonds. The fourth-order valence-electron chi connectivity index (χ4n) is 2.15. The molecule has 7 heteroatoms. The Bertz CT molecular complexity index is 527. The summed E-state index contributed by atoms with van der Waals surface area (Å²) in [7, 11) is 0. The van der Waals surface area contributed by atoms with Crippen LogP contribution in [0.1, 0.15) is 63.6 Å². The summed E-state index contributed by atoms with van der Waals surface area (Å²) in [6, 6.07) is 1.59. The van der Waals surface area contributed by atoms with Gasteiger partial charge >= 0.3 is 6.18 Å². The average molecular weight is 319 g/mol. The number of halogens is 3. The van der Waals surface area contributed by atoms with E-state index in [1.54, 1.807) is 10.7 Å². The number of hydrogen-bond acceptors (Lipinski definition) is 2. The summed E-state index contributed by atoms with van der Waals surface area (Å²) in [4.78, 5) is 13.1. The first-order valence-corrected chi connectivity index (χ1v) is 7.33. The first-order chi connectivity index (χ1) is 9.86. The van der Waals surface area contributed by atoms with Crippen LogP contribution in [0.3, 0.4) is 0 Å². The van der Waals surface area contributed by atoms with Gasteiger partial charge in [-0.2, -0.15) is 18.3 Å². The number of hydrogen-bond donors (Lipinski definition) is 0. The maximum Gasteiger partial charge on any atom is 0.406 e. The second-order valence-electron chi connectivity index (χ2n) is 6.63. The predicted molar refractivity (Wildman–Crippen MR) is 78.9 cm³/mol. The Morgan fingerprint density at radius 2 is 1.86 bits per heavy atom. The van der Waals surface area contributed by atoms with E-state index in [4.69, 9.17) is 0 Å². The summed E-state index contributed by atoms with van der Waals surface area (Å²) in [5.74, 6) is -0.573. The molecule has 0 N–H and O–H groups in total. The van der Waals surface area contributed by atoms with Crippen molar-refractivity contribution in [3.8, 4) is 0 Å². The summed E-state index contributed by atoms with van der Waals surface area (Å²) >= 11 is 0. The molecular formula is C15H24F3N3O. The number of alkyl halides is 3. The molecule has 0 aliphatic heterocycles. The molecular weight excluding hydrogens is 295 g/mol. The van der Waals surface area contributed by atoms with Crippen molar-refractivity contribution >= 4 is 5.91 Å². The minimum atomic E-state index is -4.42. The van der Waals surface area contributed by atoms with Gasteiger partial charge in [-0.1, -0.05) is 13.8 Å².